The van der Waals surface area contributed by atoms with Crippen LogP contribution in [0.3, 0.4) is 0 Å². The number of urea groups is 1. The van der Waals surface area contributed by atoms with Gasteiger partial charge in [-0.2, -0.15) is 0 Å². The fourth-order valence-corrected chi connectivity index (χ4v) is 3.42. The first-order chi connectivity index (χ1) is 12.7. The number of anilines is 1. The van der Waals surface area contributed by atoms with Crippen LogP contribution in [0.25, 0.3) is 11.1 Å². The molecule has 5 heteroatoms. The average Bonchev–Trinajstić information content (AvgIpc) is 2.98. The normalized spacial score (nSPS) is 18.2. The van der Waals surface area contributed by atoms with Crippen molar-refractivity contribution in [3.63, 3.8) is 0 Å². The molecule has 3 aromatic rings. The van der Waals surface area contributed by atoms with E-state index in [2.05, 4.69) is 15.6 Å². The maximum Gasteiger partial charge on any atom is 0.319 e. The standard InChI is InChI=1S/C21H19N3O2/c25-19-13-15-5-1-2-7-17(15)20(19)24-21(26)23-18-8-4-3-6-16(18)14-9-11-22-12-10-14/h1-12,19-20,25H,13H2,(H2,23,24,26)/t19-,20+/m0/s1. The van der Waals surface area contributed by atoms with E-state index in [-0.39, 0.29) is 6.03 Å². The zero-order valence-electron chi connectivity index (χ0n) is 14.1. The molecular formula is C21H19N3O2. The van der Waals surface area contributed by atoms with Crippen molar-refractivity contribution in [3.8, 4) is 11.1 Å². The minimum absolute atomic E-state index is 0.341. The van der Waals surface area contributed by atoms with Gasteiger partial charge in [-0.25, -0.2) is 4.79 Å². The summed E-state index contributed by atoms with van der Waals surface area (Å²) >= 11 is 0. The maximum absolute atomic E-state index is 12.6. The molecule has 0 aliphatic heterocycles. The van der Waals surface area contributed by atoms with Gasteiger partial charge in [0.15, 0.2) is 0 Å². The third-order valence-electron chi connectivity index (χ3n) is 4.66. The number of pyridine rings is 1. The van der Waals surface area contributed by atoms with Crippen molar-refractivity contribution in [1.29, 1.82) is 0 Å². The summed E-state index contributed by atoms with van der Waals surface area (Å²) < 4.78 is 0. The second-order valence-electron chi connectivity index (χ2n) is 6.33. The van der Waals surface area contributed by atoms with Crippen LogP contribution in [0.15, 0.2) is 73.1 Å². The van der Waals surface area contributed by atoms with Crippen molar-refractivity contribution in [2.45, 2.75) is 18.6 Å². The molecule has 4 rings (SSSR count). The number of rotatable bonds is 3. The average molecular weight is 345 g/mol. The van der Waals surface area contributed by atoms with E-state index < -0.39 is 12.1 Å². The SMILES string of the molecule is O=C(Nc1ccccc1-c1ccncc1)N[C@@H]1c2ccccc2C[C@@H]1O. The van der Waals surface area contributed by atoms with Gasteiger partial charge in [0.25, 0.3) is 0 Å². The van der Waals surface area contributed by atoms with E-state index in [1.54, 1.807) is 12.4 Å². The number of nitrogens with zero attached hydrogens (tertiary/aromatic N) is 1. The maximum atomic E-state index is 12.6. The molecule has 1 heterocycles. The van der Waals surface area contributed by atoms with Crippen LogP contribution in [0.4, 0.5) is 10.5 Å². The highest BCUT2D eigenvalue weighted by Crippen LogP contribution is 2.32. The van der Waals surface area contributed by atoms with Gasteiger partial charge in [-0.15, -0.1) is 0 Å². The first-order valence-corrected chi connectivity index (χ1v) is 8.55. The Kier molecular flexibility index (Phi) is 4.37. The van der Waals surface area contributed by atoms with Gasteiger partial charge >= 0.3 is 6.03 Å². The summed E-state index contributed by atoms with van der Waals surface area (Å²) in [5.74, 6) is 0. The van der Waals surface area contributed by atoms with Crippen LogP contribution in [0.5, 0.6) is 0 Å². The van der Waals surface area contributed by atoms with E-state index in [4.69, 9.17) is 0 Å². The lowest BCUT2D eigenvalue weighted by atomic mass is 10.1. The number of carbonyl (C=O) groups is 1. The second-order valence-corrected chi connectivity index (χ2v) is 6.33. The van der Waals surface area contributed by atoms with Crippen LogP contribution in [0.2, 0.25) is 0 Å². The largest absolute Gasteiger partial charge is 0.390 e. The lowest BCUT2D eigenvalue weighted by Crippen LogP contribution is -2.36. The zero-order valence-corrected chi connectivity index (χ0v) is 14.1. The van der Waals surface area contributed by atoms with Gasteiger partial charge in [0.1, 0.15) is 0 Å². The van der Waals surface area contributed by atoms with Crippen LogP contribution in [-0.4, -0.2) is 22.2 Å². The monoisotopic (exact) mass is 345 g/mol. The summed E-state index contributed by atoms with van der Waals surface area (Å²) in [6, 6.07) is 18.4. The topological polar surface area (TPSA) is 74.2 Å². The number of hydrogen-bond donors (Lipinski definition) is 3. The number of aliphatic hydroxyl groups is 1. The molecule has 130 valence electrons. The molecule has 1 aromatic heterocycles. The van der Waals surface area contributed by atoms with Crippen LogP contribution >= 0.6 is 0 Å². The van der Waals surface area contributed by atoms with Crippen molar-refractivity contribution >= 4 is 11.7 Å². The van der Waals surface area contributed by atoms with Crippen molar-refractivity contribution in [2.24, 2.45) is 0 Å². The Labute approximate surface area is 151 Å². The number of hydrogen-bond acceptors (Lipinski definition) is 3. The Morgan fingerprint density at radius 1 is 1.00 bits per heavy atom. The summed E-state index contributed by atoms with van der Waals surface area (Å²) in [6.07, 6.45) is 3.37. The van der Waals surface area contributed by atoms with Gasteiger partial charge in [0.2, 0.25) is 0 Å². The fraction of sp³-hybridized carbons (Fsp3) is 0.143. The van der Waals surface area contributed by atoms with Gasteiger partial charge in [-0.1, -0.05) is 42.5 Å². The molecular weight excluding hydrogens is 326 g/mol. The Morgan fingerprint density at radius 2 is 1.73 bits per heavy atom. The van der Waals surface area contributed by atoms with Crippen molar-refractivity contribution in [3.05, 3.63) is 84.2 Å². The van der Waals surface area contributed by atoms with Crippen molar-refractivity contribution in [2.75, 3.05) is 5.32 Å². The van der Waals surface area contributed by atoms with E-state index in [9.17, 15) is 9.90 Å². The first-order valence-electron chi connectivity index (χ1n) is 8.55. The van der Waals surface area contributed by atoms with Gasteiger partial charge in [0.05, 0.1) is 17.8 Å². The second kappa shape index (κ2) is 6.98. The predicted molar refractivity (Wildman–Crippen MR) is 101 cm³/mol. The number of para-hydroxylation sites is 1. The minimum atomic E-state index is -0.617. The fourth-order valence-electron chi connectivity index (χ4n) is 3.42. The molecule has 2 atom stereocenters. The van der Waals surface area contributed by atoms with Crippen molar-refractivity contribution < 1.29 is 9.90 Å². The molecule has 1 aliphatic rings. The molecule has 0 saturated heterocycles. The number of aromatic nitrogens is 1. The highest BCUT2D eigenvalue weighted by atomic mass is 16.3. The van der Waals surface area contributed by atoms with Crippen molar-refractivity contribution in [1.82, 2.24) is 10.3 Å². The zero-order chi connectivity index (χ0) is 17.9. The van der Waals surface area contributed by atoms with Crippen LogP contribution in [0.1, 0.15) is 17.2 Å². The molecule has 2 aromatic carbocycles. The third kappa shape index (κ3) is 3.17. The predicted octanol–water partition coefficient (Wildman–Crippen LogP) is 3.53. The van der Waals surface area contributed by atoms with Gasteiger partial charge < -0.3 is 15.7 Å². The van der Waals surface area contributed by atoms with Crippen LogP contribution in [0, 0.1) is 0 Å². The van der Waals surface area contributed by atoms with E-state index in [0.29, 0.717) is 12.1 Å². The Hall–Kier alpha value is -3.18. The first kappa shape index (κ1) is 16.3. The number of amides is 2. The number of carbonyl (C=O) groups excluding carboxylic acids is 1. The lowest BCUT2D eigenvalue weighted by molar-refractivity contribution is 0.144. The number of nitrogens with one attached hydrogen (secondary N) is 2. The summed E-state index contributed by atoms with van der Waals surface area (Å²) in [7, 11) is 0. The van der Waals surface area contributed by atoms with E-state index in [1.807, 2.05) is 60.7 Å². The molecule has 0 spiro atoms. The Bertz CT molecular complexity index is 927. The number of fused-ring (bicyclic) bond motifs is 1. The molecule has 0 saturated carbocycles. The highest BCUT2D eigenvalue weighted by molar-refractivity contribution is 5.94. The Balaban J connectivity index is 1.53. The van der Waals surface area contributed by atoms with Gasteiger partial charge in [-0.05, 0) is 34.9 Å². The molecule has 0 bridgehead atoms. The lowest BCUT2D eigenvalue weighted by Gasteiger charge is -2.19. The molecule has 2 amide bonds. The summed E-state index contributed by atoms with van der Waals surface area (Å²) in [5, 5.41) is 16.1. The quantitative estimate of drug-likeness (QED) is 0.680. The van der Waals surface area contributed by atoms with Gasteiger partial charge in [0, 0.05) is 24.4 Å². The molecule has 0 fully saturated rings. The van der Waals surface area contributed by atoms with E-state index in [0.717, 1.165) is 22.3 Å². The summed E-state index contributed by atoms with van der Waals surface area (Å²) in [4.78, 5) is 16.6. The molecule has 5 nitrogen and oxygen atoms in total. The molecule has 0 radical (unpaired) electrons. The highest BCUT2D eigenvalue weighted by Gasteiger charge is 2.31. The molecule has 3 N–H and O–H groups in total. The summed E-state index contributed by atoms with van der Waals surface area (Å²) in [6.45, 7) is 0. The van der Waals surface area contributed by atoms with E-state index >= 15 is 0 Å². The number of aliphatic hydroxyl groups excluding tert-OH is 1. The summed E-state index contributed by atoms with van der Waals surface area (Å²) in [5.41, 5.74) is 4.64. The molecule has 1 aliphatic carbocycles. The smallest absolute Gasteiger partial charge is 0.319 e. The third-order valence-corrected chi connectivity index (χ3v) is 4.66. The molecule has 26 heavy (non-hydrogen) atoms. The number of benzene rings is 2. The van der Waals surface area contributed by atoms with Gasteiger partial charge in [-0.3, -0.25) is 4.98 Å². The Morgan fingerprint density at radius 3 is 2.58 bits per heavy atom. The van der Waals surface area contributed by atoms with Crippen LogP contribution in [-0.2, 0) is 6.42 Å². The minimum Gasteiger partial charge on any atom is -0.390 e. The molecule has 0 unspecified atom stereocenters. The van der Waals surface area contributed by atoms with E-state index in [1.165, 1.54) is 0 Å². The van der Waals surface area contributed by atoms with Crippen LogP contribution < -0.4 is 10.6 Å².